The van der Waals surface area contributed by atoms with E-state index >= 15 is 0 Å². The monoisotopic (exact) mass is 485 g/mol. The lowest BCUT2D eigenvalue weighted by Gasteiger charge is -2.18. The Balaban J connectivity index is 1.43. The van der Waals surface area contributed by atoms with Crippen molar-refractivity contribution < 1.29 is 31.8 Å². The predicted octanol–water partition coefficient (Wildman–Crippen LogP) is 3.86. The summed E-state index contributed by atoms with van der Waals surface area (Å²) < 4.78 is 63.5. The van der Waals surface area contributed by atoms with Gasteiger partial charge < -0.3 is 20.1 Å². The third kappa shape index (κ3) is 5.48. The van der Waals surface area contributed by atoms with Crippen LogP contribution >= 0.6 is 0 Å². The summed E-state index contributed by atoms with van der Waals surface area (Å²) in [6, 6.07) is 2.99. The van der Waals surface area contributed by atoms with Crippen molar-refractivity contribution in [1.82, 2.24) is 29.9 Å². The minimum atomic E-state index is -4.49. The summed E-state index contributed by atoms with van der Waals surface area (Å²) in [5.41, 5.74) is 0.821. The third-order valence-corrected chi connectivity index (χ3v) is 5.15. The fraction of sp³-hybridized carbons (Fsp3) is 0.500. The summed E-state index contributed by atoms with van der Waals surface area (Å²) in [5.74, 6) is -0.218. The van der Waals surface area contributed by atoms with Gasteiger partial charge in [-0.25, -0.2) is 14.2 Å². The molecule has 0 aromatic carbocycles. The number of alkyl carbamates (subject to hydrolysis) is 1. The largest absolute Gasteiger partial charge is 0.467 e. The number of rotatable bonds is 7. The lowest BCUT2D eigenvalue weighted by atomic mass is 10.0. The zero-order valence-corrected chi connectivity index (χ0v) is 18.3. The maximum Gasteiger partial charge on any atom is 0.422 e. The molecule has 3 atom stereocenters. The number of imidazole rings is 1. The van der Waals surface area contributed by atoms with E-state index in [1.165, 1.54) is 22.9 Å². The Morgan fingerprint density at radius 3 is 2.88 bits per heavy atom. The topological polar surface area (TPSA) is 118 Å². The minimum Gasteiger partial charge on any atom is -0.467 e. The highest BCUT2D eigenvalue weighted by Gasteiger charge is 2.41. The molecule has 1 amide bonds. The zero-order chi connectivity index (χ0) is 24.5. The first-order chi connectivity index (χ1) is 16.1. The molecule has 184 valence electrons. The van der Waals surface area contributed by atoms with Gasteiger partial charge in [0.05, 0.1) is 6.20 Å². The molecule has 1 aliphatic rings. The number of H-pyrrole nitrogens is 1. The van der Waals surface area contributed by atoms with Gasteiger partial charge in [0.25, 0.3) is 0 Å². The van der Waals surface area contributed by atoms with Crippen molar-refractivity contribution in [3.63, 3.8) is 0 Å². The number of carbonyl (C=O) groups is 1. The molecule has 3 aromatic heterocycles. The number of amides is 1. The molecule has 3 N–H and O–H groups in total. The Kier molecular flexibility index (Phi) is 6.48. The van der Waals surface area contributed by atoms with E-state index < -0.39 is 37.1 Å². The molecule has 0 spiro atoms. The van der Waals surface area contributed by atoms with Crippen LogP contribution in [0.15, 0.2) is 24.5 Å². The minimum absolute atomic E-state index is 0.121. The number of ether oxygens (including phenoxy) is 2. The van der Waals surface area contributed by atoms with Gasteiger partial charge in [0.15, 0.2) is 12.4 Å². The smallest absolute Gasteiger partial charge is 0.422 e. The molecule has 34 heavy (non-hydrogen) atoms. The fourth-order valence-corrected chi connectivity index (χ4v) is 3.70. The second-order valence-corrected chi connectivity index (χ2v) is 8.18. The molecular weight excluding hydrogens is 462 g/mol. The van der Waals surface area contributed by atoms with Crippen LogP contribution in [-0.2, 0) is 4.74 Å². The number of aromatic nitrogens is 5. The van der Waals surface area contributed by atoms with E-state index in [9.17, 15) is 22.4 Å². The van der Waals surface area contributed by atoms with E-state index in [4.69, 9.17) is 4.74 Å². The van der Waals surface area contributed by atoms with Crippen molar-refractivity contribution in [3.05, 3.63) is 30.2 Å². The van der Waals surface area contributed by atoms with Crippen molar-refractivity contribution in [2.75, 3.05) is 11.9 Å². The van der Waals surface area contributed by atoms with Crippen LogP contribution in [0.25, 0.3) is 5.65 Å². The number of hydrogen-bond donors (Lipinski definition) is 3. The molecule has 1 aliphatic carbocycles. The number of alkyl halides is 4. The molecule has 0 saturated heterocycles. The summed E-state index contributed by atoms with van der Waals surface area (Å²) in [6.45, 7) is 2.09. The molecule has 0 radical (unpaired) electrons. The number of aromatic amines is 1. The Hall–Kier alpha value is -3.58. The number of carbonyl (C=O) groups excluding carboxylic acids is 1. The maximum atomic E-state index is 14.9. The van der Waals surface area contributed by atoms with Gasteiger partial charge in [-0.3, -0.25) is 9.50 Å². The van der Waals surface area contributed by atoms with Gasteiger partial charge in [0.1, 0.15) is 17.9 Å². The maximum absolute atomic E-state index is 14.9. The molecule has 3 heterocycles. The SMILES string of the molecule is CC(C)NC(=O)O[C@H]1CC[C@@H](c2cc(Nc3nccc4nc(OCC(F)(F)F)cn34)n[nH]2)[C@H]1F. The van der Waals surface area contributed by atoms with E-state index in [1.54, 1.807) is 19.9 Å². The molecule has 1 fully saturated rings. The van der Waals surface area contributed by atoms with Crippen LogP contribution in [0, 0.1) is 0 Å². The summed E-state index contributed by atoms with van der Waals surface area (Å²) in [5, 5.41) is 12.4. The molecule has 10 nitrogen and oxygen atoms in total. The molecule has 4 rings (SSSR count). The van der Waals surface area contributed by atoms with Gasteiger partial charge in [-0.1, -0.05) is 0 Å². The average Bonchev–Trinajstić information content (AvgIpc) is 3.45. The van der Waals surface area contributed by atoms with Crippen LogP contribution in [0.5, 0.6) is 5.88 Å². The Morgan fingerprint density at radius 1 is 1.35 bits per heavy atom. The first-order valence-electron chi connectivity index (χ1n) is 10.6. The molecule has 3 aromatic rings. The lowest BCUT2D eigenvalue weighted by molar-refractivity contribution is -0.154. The molecular formula is C20H23F4N7O3. The number of halogens is 4. The van der Waals surface area contributed by atoms with Crippen molar-refractivity contribution in [1.29, 1.82) is 0 Å². The third-order valence-electron chi connectivity index (χ3n) is 5.15. The highest BCUT2D eigenvalue weighted by Crippen LogP contribution is 2.38. The van der Waals surface area contributed by atoms with E-state index in [0.29, 0.717) is 30.0 Å². The van der Waals surface area contributed by atoms with Crippen molar-refractivity contribution in [2.24, 2.45) is 0 Å². The normalized spacial score (nSPS) is 20.6. The van der Waals surface area contributed by atoms with Crippen molar-refractivity contribution >= 4 is 23.5 Å². The predicted molar refractivity (Wildman–Crippen MR) is 112 cm³/mol. The van der Waals surface area contributed by atoms with Crippen LogP contribution in [0.1, 0.15) is 38.3 Å². The number of fused-ring (bicyclic) bond motifs is 1. The quantitative estimate of drug-likeness (QED) is 0.435. The molecule has 0 bridgehead atoms. The van der Waals surface area contributed by atoms with E-state index in [1.807, 2.05) is 0 Å². The second kappa shape index (κ2) is 9.35. The van der Waals surface area contributed by atoms with Crippen molar-refractivity contribution in [2.45, 2.75) is 57.1 Å². The van der Waals surface area contributed by atoms with Gasteiger partial charge in [0, 0.05) is 29.9 Å². The first kappa shape index (κ1) is 23.6. The van der Waals surface area contributed by atoms with E-state index in [-0.39, 0.29) is 17.9 Å². The van der Waals surface area contributed by atoms with Gasteiger partial charge in [-0.2, -0.15) is 23.3 Å². The highest BCUT2D eigenvalue weighted by atomic mass is 19.4. The molecule has 0 unspecified atom stereocenters. The summed E-state index contributed by atoms with van der Waals surface area (Å²) in [4.78, 5) is 19.9. The molecule has 14 heteroatoms. The van der Waals surface area contributed by atoms with E-state index in [2.05, 4.69) is 35.5 Å². The van der Waals surface area contributed by atoms with E-state index in [0.717, 1.165) is 0 Å². The molecule has 1 saturated carbocycles. The summed E-state index contributed by atoms with van der Waals surface area (Å²) in [6.07, 6.45) is -3.90. The van der Waals surface area contributed by atoms with Crippen LogP contribution < -0.4 is 15.4 Å². The molecule has 0 aliphatic heterocycles. The standard InChI is InChI=1S/C20H23F4N7O3/c1-10(2)26-19(32)34-13-4-3-11(17(13)21)12-7-14(30-29-12)27-18-25-6-5-15-28-16(8-31(15)18)33-9-20(22,23)24/h5-8,10-11,13,17H,3-4,9H2,1-2H3,(H,26,32)(H2,25,27,29,30)/t11-,13-,17+/m0/s1. The lowest BCUT2D eigenvalue weighted by Crippen LogP contribution is -2.36. The number of hydrogen-bond acceptors (Lipinski definition) is 7. The average molecular weight is 485 g/mol. The summed E-state index contributed by atoms with van der Waals surface area (Å²) in [7, 11) is 0. The van der Waals surface area contributed by atoms with Crippen molar-refractivity contribution in [3.8, 4) is 5.88 Å². The fourth-order valence-electron chi connectivity index (χ4n) is 3.70. The zero-order valence-electron chi connectivity index (χ0n) is 18.3. The van der Waals surface area contributed by atoms with Gasteiger partial charge in [-0.05, 0) is 32.8 Å². The number of nitrogens with zero attached hydrogens (tertiary/aromatic N) is 4. The summed E-state index contributed by atoms with van der Waals surface area (Å²) >= 11 is 0. The number of nitrogens with one attached hydrogen (secondary N) is 3. The van der Waals surface area contributed by atoms with Gasteiger partial charge in [-0.15, -0.1) is 0 Å². The van der Waals surface area contributed by atoms with Gasteiger partial charge >= 0.3 is 12.3 Å². The van der Waals surface area contributed by atoms with Crippen LogP contribution in [0.4, 0.5) is 34.1 Å². The Labute approximate surface area is 191 Å². The highest BCUT2D eigenvalue weighted by molar-refractivity contribution is 5.67. The first-order valence-corrected chi connectivity index (χ1v) is 10.6. The van der Waals surface area contributed by atoms with Gasteiger partial charge in [0.2, 0.25) is 11.8 Å². The van der Waals surface area contributed by atoms with Crippen LogP contribution in [0.3, 0.4) is 0 Å². The number of anilines is 2. The van der Waals surface area contributed by atoms with Crippen LogP contribution in [0.2, 0.25) is 0 Å². The Morgan fingerprint density at radius 2 is 2.15 bits per heavy atom. The van der Waals surface area contributed by atoms with Crippen LogP contribution in [-0.4, -0.2) is 61.8 Å². The Bertz CT molecular complexity index is 1150. The second-order valence-electron chi connectivity index (χ2n) is 8.18.